The first-order chi connectivity index (χ1) is 17.0. The minimum absolute atomic E-state index is 0.118. The van der Waals surface area contributed by atoms with Crippen LogP contribution in [-0.4, -0.2) is 61.4 Å². The number of ether oxygens (including phenoxy) is 3. The number of fused-ring (bicyclic) bond motifs is 3. The fourth-order valence-corrected chi connectivity index (χ4v) is 4.89. The van der Waals surface area contributed by atoms with Crippen molar-refractivity contribution in [2.45, 2.75) is 19.9 Å². The topological polar surface area (TPSA) is 70.0 Å². The molecule has 0 bridgehead atoms. The monoisotopic (exact) mass is 478 g/mol. The first-order valence-electron chi connectivity index (χ1n) is 11.8. The van der Waals surface area contributed by atoms with Crippen LogP contribution in [0.25, 0.3) is 22.5 Å². The number of carbonyl (C=O) groups excluding carboxylic acids is 2. The van der Waals surface area contributed by atoms with Gasteiger partial charge in [-0.15, -0.1) is 0 Å². The van der Waals surface area contributed by atoms with Gasteiger partial charge in [0.15, 0.2) is 0 Å². The van der Waals surface area contributed by atoms with Crippen molar-refractivity contribution in [1.29, 1.82) is 0 Å². The van der Waals surface area contributed by atoms with Crippen LogP contribution in [0.1, 0.15) is 33.2 Å². The van der Waals surface area contributed by atoms with Crippen LogP contribution in [0.5, 0.6) is 5.75 Å². The van der Waals surface area contributed by atoms with Crippen LogP contribution in [0, 0.1) is 5.82 Å². The van der Waals surface area contributed by atoms with E-state index in [4.69, 9.17) is 14.2 Å². The van der Waals surface area contributed by atoms with Crippen molar-refractivity contribution in [1.82, 2.24) is 9.47 Å². The number of carbonyl (C=O) groups is 2. The maximum absolute atomic E-state index is 14.1. The van der Waals surface area contributed by atoms with Crippen molar-refractivity contribution in [3.63, 3.8) is 0 Å². The van der Waals surface area contributed by atoms with Gasteiger partial charge in [-0.2, -0.15) is 0 Å². The smallest absolute Gasteiger partial charge is 0.340 e. The Bertz CT molecular complexity index is 1290. The zero-order valence-corrected chi connectivity index (χ0v) is 19.8. The largest absolute Gasteiger partial charge is 0.496 e. The van der Waals surface area contributed by atoms with Crippen molar-refractivity contribution < 1.29 is 28.2 Å². The number of hydrogen-bond donors (Lipinski definition) is 0. The molecule has 3 aromatic rings. The number of morpholine rings is 1. The van der Waals surface area contributed by atoms with Crippen molar-refractivity contribution in [2.75, 3.05) is 40.0 Å². The number of halogens is 1. The number of hydrogen-bond acceptors (Lipinski definition) is 5. The lowest BCUT2D eigenvalue weighted by Crippen LogP contribution is -2.40. The van der Waals surface area contributed by atoms with Crippen LogP contribution in [0.2, 0.25) is 0 Å². The summed E-state index contributed by atoms with van der Waals surface area (Å²) in [5, 5.41) is 0. The van der Waals surface area contributed by atoms with E-state index in [9.17, 15) is 14.0 Å². The average Bonchev–Trinajstić information content (AvgIpc) is 3.28. The maximum Gasteiger partial charge on any atom is 0.340 e. The lowest BCUT2D eigenvalue weighted by molar-refractivity contribution is 0.0301. The first-order valence-corrected chi connectivity index (χ1v) is 11.8. The van der Waals surface area contributed by atoms with Gasteiger partial charge in [0.1, 0.15) is 11.6 Å². The van der Waals surface area contributed by atoms with Gasteiger partial charge in [0.2, 0.25) is 0 Å². The van der Waals surface area contributed by atoms with Crippen molar-refractivity contribution in [3.8, 4) is 28.3 Å². The quantitative estimate of drug-likeness (QED) is 0.515. The third kappa shape index (κ3) is 4.18. The molecule has 182 valence electrons. The lowest BCUT2D eigenvalue weighted by Gasteiger charge is -2.28. The Hall–Kier alpha value is -3.65. The molecule has 1 amide bonds. The van der Waals surface area contributed by atoms with Gasteiger partial charge in [0, 0.05) is 36.5 Å². The SMILES string of the molecule is CCOC(=O)c1cc2n(c1-c1cccc(F)c1)CCc1cc(OC)c(C(=O)N3CCOCC3)cc1-2. The number of rotatable bonds is 5. The average molecular weight is 479 g/mol. The molecule has 2 aliphatic heterocycles. The van der Waals surface area contributed by atoms with Crippen molar-refractivity contribution in [3.05, 3.63) is 65.0 Å². The second-order valence-electron chi connectivity index (χ2n) is 8.54. The van der Waals surface area contributed by atoms with E-state index in [2.05, 4.69) is 0 Å². The molecule has 0 N–H and O–H groups in total. The third-order valence-electron chi connectivity index (χ3n) is 6.53. The molecule has 5 rings (SSSR count). The highest BCUT2D eigenvalue weighted by Gasteiger charge is 2.30. The Morgan fingerprint density at radius 2 is 1.86 bits per heavy atom. The summed E-state index contributed by atoms with van der Waals surface area (Å²) in [7, 11) is 1.56. The normalized spacial score (nSPS) is 14.8. The molecule has 7 nitrogen and oxygen atoms in total. The molecule has 0 unspecified atom stereocenters. The van der Waals surface area contributed by atoms with E-state index >= 15 is 0 Å². The molecule has 8 heteroatoms. The first kappa shape index (κ1) is 23.1. The van der Waals surface area contributed by atoms with Gasteiger partial charge in [-0.05, 0) is 49.2 Å². The van der Waals surface area contributed by atoms with Gasteiger partial charge < -0.3 is 23.7 Å². The van der Waals surface area contributed by atoms with Crippen LogP contribution in [0.4, 0.5) is 4.39 Å². The molecule has 1 fully saturated rings. The van der Waals surface area contributed by atoms with Crippen molar-refractivity contribution >= 4 is 11.9 Å². The number of amides is 1. The number of esters is 1. The molecule has 0 aliphatic carbocycles. The molecule has 1 aromatic heterocycles. The van der Waals surface area contributed by atoms with Gasteiger partial charge in [-0.3, -0.25) is 4.79 Å². The Balaban J connectivity index is 1.67. The lowest BCUT2D eigenvalue weighted by atomic mass is 9.94. The van der Waals surface area contributed by atoms with Crippen LogP contribution < -0.4 is 4.74 Å². The predicted octanol–water partition coefficient (Wildman–Crippen LogP) is 4.18. The number of methoxy groups -OCH3 is 1. The molecule has 0 saturated carbocycles. The molecule has 2 aliphatic rings. The Kier molecular flexibility index (Phi) is 6.30. The van der Waals surface area contributed by atoms with E-state index in [0.29, 0.717) is 67.4 Å². The van der Waals surface area contributed by atoms with E-state index < -0.39 is 5.97 Å². The molecule has 1 saturated heterocycles. The van der Waals surface area contributed by atoms with Gasteiger partial charge in [0.25, 0.3) is 5.91 Å². The third-order valence-corrected chi connectivity index (χ3v) is 6.53. The van der Waals surface area contributed by atoms with E-state index in [-0.39, 0.29) is 18.3 Å². The van der Waals surface area contributed by atoms with Gasteiger partial charge in [-0.25, -0.2) is 9.18 Å². The molecule has 3 heterocycles. The number of aryl methyl sites for hydroxylation is 1. The van der Waals surface area contributed by atoms with Crippen LogP contribution in [0.3, 0.4) is 0 Å². The summed E-state index contributed by atoms with van der Waals surface area (Å²) in [6.07, 6.45) is 0.671. The molecular weight excluding hydrogens is 451 g/mol. The highest BCUT2D eigenvalue weighted by molar-refractivity contribution is 6.01. The summed E-state index contributed by atoms with van der Waals surface area (Å²) < 4.78 is 32.4. The zero-order chi connectivity index (χ0) is 24.5. The van der Waals surface area contributed by atoms with Crippen LogP contribution >= 0.6 is 0 Å². The fourth-order valence-electron chi connectivity index (χ4n) is 4.89. The Morgan fingerprint density at radius 3 is 2.57 bits per heavy atom. The molecule has 0 radical (unpaired) electrons. The summed E-state index contributed by atoms with van der Waals surface area (Å²) in [5.41, 5.74) is 4.70. The molecular formula is C27H27FN2O5. The predicted molar refractivity (Wildman–Crippen MR) is 128 cm³/mol. The fraction of sp³-hybridized carbons (Fsp3) is 0.333. The highest BCUT2D eigenvalue weighted by Crippen LogP contribution is 2.41. The summed E-state index contributed by atoms with van der Waals surface area (Å²) in [5.74, 6) is -0.440. The van der Waals surface area contributed by atoms with Gasteiger partial charge in [0.05, 0.1) is 43.8 Å². The minimum atomic E-state index is -0.465. The minimum Gasteiger partial charge on any atom is -0.496 e. The van der Waals surface area contributed by atoms with Crippen LogP contribution in [0.15, 0.2) is 42.5 Å². The second kappa shape index (κ2) is 9.54. The van der Waals surface area contributed by atoms with Crippen molar-refractivity contribution in [2.24, 2.45) is 0 Å². The second-order valence-corrected chi connectivity index (χ2v) is 8.54. The standard InChI is InChI=1S/C27H27FN2O5/c1-3-35-27(32)22-16-23-20-15-21(26(31)29-9-11-34-12-10-29)24(33-2)14-17(20)7-8-30(23)25(22)18-5-4-6-19(28)13-18/h4-6,13-16H,3,7-12H2,1-2H3. The molecule has 2 aromatic carbocycles. The van der Waals surface area contributed by atoms with Gasteiger partial charge >= 0.3 is 5.97 Å². The zero-order valence-electron chi connectivity index (χ0n) is 19.8. The molecule has 35 heavy (non-hydrogen) atoms. The summed E-state index contributed by atoms with van der Waals surface area (Å²) >= 11 is 0. The molecule has 0 atom stereocenters. The number of nitrogens with zero attached hydrogens (tertiary/aromatic N) is 2. The van der Waals surface area contributed by atoms with Crippen LogP contribution in [-0.2, 0) is 22.4 Å². The number of aromatic nitrogens is 1. The van der Waals surface area contributed by atoms with Gasteiger partial charge in [-0.1, -0.05) is 12.1 Å². The summed E-state index contributed by atoms with van der Waals surface area (Å²) in [4.78, 5) is 28.0. The Labute approximate surface area is 203 Å². The number of benzene rings is 2. The molecule has 0 spiro atoms. The highest BCUT2D eigenvalue weighted by atomic mass is 19.1. The van der Waals surface area contributed by atoms with E-state index in [1.165, 1.54) is 12.1 Å². The Morgan fingerprint density at radius 1 is 1.06 bits per heavy atom. The van der Waals surface area contributed by atoms with E-state index in [1.807, 2.05) is 16.7 Å². The van der Waals surface area contributed by atoms with E-state index in [0.717, 1.165) is 16.8 Å². The summed E-state index contributed by atoms with van der Waals surface area (Å²) in [6, 6.07) is 11.7. The van der Waals surface area contributed by atoms with E-state index in [1.54, 1.807) is 37.1 Å². The summed E-state index contributed by atoms with van der Waals surface area (Å²) in [6.45, 7) is 4.62. The maximum atomic E-state index is 14.1.